The molecule has 0 unspecified atom stereocenters. The third kappa shape index (κ3) is 2.61. The molecule has 0 aliphatic heterocycles. The lowest BCUT2D eigenvalue weighted by molar-refractivity contribution is -0.143. The van der Waals surface area contributed by atoms with Gasteiger partial charge in [0.1, 0.15) is 5.54 Å². The van der Waals surface area contributed by atoms with E-state index >= 15 is 0 Å². The summed E-state index contributed by atoms with van der Waals surface area (Å²) in [6.45, 7) is 2.34. The summed E-state index contributed by atoms with van der Waals surface area (Å²) in [5.41, 5.74) is -2.42. The molecule has 0 spiro atoms. The quantitative estimate of drug-likeness (QED) is 0.814. The van der Waals surface area contributed by atoms with E-state index in [9.17, 15) is 22.8 Å². The van der Waals surface area contributed by atoms with Crippen molar-refractivity contribution in [2.45, 2.75) is 19.4 Å². The molecule has 7 heteroatoms. The maximum atomic E-state index is 13.3. The molecule has 0 saturated heterocycles. The number of carboxylic acids is 1. The molecule has 0 atom stereocenters. The number of rotatable bonds is 3. The Kier molecular flexibility index (Phi) is 3.64. The highest BCUT2D eigenvalue weighted by atomic mass is 19.2. The van der Waals surface area contributed by atoms with Crippen LogP contribution in [0.1, 0.15) is 24.2 Å². The van der Waals surface area contributed by atoms with Gasteiger partial charge in [0.15, 0.2) is 17.5 Å². The van der Waals surface area contributed by atoms with Crippen molar-refractivity contribution in [2.75, 3.05) is 0 Å². The predicted molar refractivity (Wildman–Crippen MR) is 55.5 cm³/mol. The molecule has 1 rings (SSSR count). The number of carboxylic acid groups (broad SMARTS) is 1. The van der Waals surface area contributed by atoms with Gasteiger partial charge in [-0.2, -0.15) is 0 Å². The number of halogens is 3. The van der Waals surface area contributed by atoms with E-state index in [0.29, 0.717) is 6.07 Å². The van der Waals surface area contributed by atoms with Crippen molar-refractivity contribution >= 4 is 11.9 Å². The molecule has 0 aliphatic rings. The standard InChI is InChI=1S/C11H10F3NO3/c1-11(2,10(17)18)15-9(16)5-3-4-6(12)8(14)7(5)13/h3-4H,1-2H3,(H,15,16)(H,17,18). The second-order valence-electron chi connectivity index (χ2n) is 4.11. The summed E-state index contributed by atoms with van der Waals surface area (Å²) in [5.74, 6) is -7.36. The third-order valence-electron chi connectivity index (χ3n) is 2.24. The molecule has 4 nitrogen and oxygen atoms in total. The van der Waals surface area contributed by atoms with Crippen molar-refractivity contribution in [1.82, 2.24) is 5.32 Å². The van der Waals surface area contributed by atoms with E-state index in [-0.39, 0.29) is 0 Å². The smallest absolute Gasteiger partial charge is 0.328 e. The van der Waals surface area contributed by atoms with Gasteiger partial charge in [-0.1, -0.05) is 0 Å². The Balaban J connectivity index is 3.07. The summed E-state index contributed by atoms with van der Waals surface area (Å²) in [6.07, 6.45) is 0. The van der Waals surface area contributed by atoms with Crippen molar-refractivity contribution < 1.29 is 27.9 Å². The molecule has 98 valence electrons. The Labute approximate surface area is 100 Å². The molecule has 1 aromatic carbocycles. The van der Waals surface area contributed by atoms with Crippen LogP contribution in [0, 0.1) is 17.5 Å². The van der Waals surface area contributed by atoms with Gasteiger partial charge in [0.05, 0.1) is 5.56 Å². The van der Waals surface area contributed by atoms with Crippen LogP contribution in [-0.2, 0) is 4.79 Å². The molecule has 0 fully saturated rings. The average molecular weight is 261 g/mol. The zero-order valence-corrected chi connectivity index (χ0v) is 9.55. The Morgan fingerprint density at radius 2 is 1.72 bits per heavy atom. The Morgan fingerprint density at radius 1 is 1.17 bits per heavy atom. The van der Waals surface area contributed by atoms with Crippen LogP contribution in [0.5, 0.6) is 0 Å². The van der Waals surface area contributed by atoms with Crippen LogP contribution in [0.4, 0.5) is 13.2 Å². The largest absolute Gasteiger partial charge is 0.480 e. The second-order valence-corrected chi connectivity index (χ2v) is 4.11. The lowest BCUT2D eigenvalue weighted by Gasteiger charge is -2.21. The number of carbonyl (C=O) groups excluding carboxylic acids is 1. The van der Waals surface area contributed by atoms with Crippen LogP contribution < -0.4 is 5.32 Å². The van der Waals surface area contributed by atoms with Crippen molar-refractivity contribution in [1.29, 1.82) is 0 Å². The molecule has 0 bridgehead atoms. The van der Waals surface area contributed by atoms with E-state index in [2.05, 4.69) is 0 Å². The monoisotopic (exact) mass is 261 g/mol. The van der Waals surface area contributed by atoms with Crippen LogP contribution in [0.25, 0.3) is 0 Å². The third-order valence-corrected chi connectivity index (χ3v) is 2.24. The maximum absolute atomic E-state index is 13.3. The summed E-state index contributed by atoms with van der Waals surface area (Å²) < 4.78 is 38.8. The van der Waals surface area contributed by atoms with Crippen molar-refractivity contribution in [2.24, 2.45) is 0 Å². The molecular formula is C11H10F3NO3. The average Bonchev–Trinajstić information content (AvgIpc) is 2.25. The highest BCUT2D eigenvalue weighted by Gasteiger charge is 2.31. The first-order valence-electron chi connectivity index (χ1n) is 4.86. The van der Waals surface area contributed by atoms with Gasteiger partial charge in [-0.3, -0.25) is 4.79 Å². The van der Waals surface area contributed by atoms with Crippen LogP contribution in [0.15, 0.2) is 12.1 Å². The first-order valence-corrected chi connectivity index (χ1v) is 4.86. The Morgan fingerprint density at radius 3 is 2.22 bits per heavy atom. The first-order chi connectivity index (χ1) is 8.16. The van der Waals surface area contributed by atoms with Gasteiger partial charge in [0.25, 0.3) is 5.91 Å². The number of carbonyl (C=O) groups is 2. The molecule has 1 amide bonds. The summed E-state index contributed by atoms with van der Waals surface area (Å²) >= 11 is 0. The van der Waals surface area contributed by atoms with E-state index in [0.717, 1.165) is 6.07 Å². The zero-order chi connectivity index (χ0) is 14.1. The summed E-state index contributed by atoms with van der Waals surface area (Å²) in [7, 11) is 0. The zero-order valence-electron chi connectivity index (χ0n) is 9.55. The second kappa shape index (κ2) is 4.67. The van der Waals surface area contributed by atoms with Gasteiger partial charge >= 0.3 is 5.97 Å². The van der Waals surface area contributed by atoms with Crippen molar-refractivity contribution in [3.8, 4) is 0 Å². The number of nitrogens with one attached hydrogen (secondary N) is 1. The molecule has 0 aliphatic carbocycles. The molecule has 18 heavy (non-hydrogen) atoms. The Bertz CT molecular complexity index is 515. The van der Waals surface area contributed by atoms with Crippen LogP contribution in [-0.4, -0.2) is 22.5 Å². The maximum Gasteiger partial charge on any atom is 0.328 e. The SMILES string of the molecule is CC(C)(NC(=O)c1ccc(F)c(F)c1F)C(=O)O. The number of hydrogen-bond donors (Lipinski definition) is 2. The van der Waals surface area contributed by atoms with E-state index in [1.807, 2.05) is 5.32 Å². The van der Waals surface area contributed by atoms with E-state index in [4.69, 9.17) is 5.11 Å². The number of amides is 1. The van der Waals surface area contributed by atoms with Crippen molar-refractivity contribution in [3.05, 3.63) is 35.1 Å². The highest BCUT2D eigenvalue weighted by molar-refractivity contribution is 5.97. The fourth-order valence-electron chi connectivity index (χ4n) is 1.11. The minimum absolute atomic E-state index is 0.584. The summed E-state index contributed by atoms with van der Waals surface area (Å²) in [5, 5.41) is 10.8. The minimum Gasteiger partial charge on any atom is -0.480 e. The molecule has 1 aromatic rings. The van der Waals surface area contributed by atoms with E-state index < -0.39 is 40.4 Å². The fourth-order valence-corrected chi connectivity index (χ4v) is 1.11. The topological polar surface area (TPSA) is 66.4 Å². The van der Waals surface area contributed by atoms with Gasteiger partial charge in [0.2, 0.25) is 0 Å². The highest BCUT2D eigenvalue weighted by Crippen LogP contribution is 2.16. The summed E-state index contributed by atoms with van der Waals surface area (Å²) in [6, 6.07) is 1.32. The molecule has 0 aromatic heterocycles. The van der Waals surface area contributed by atoms with Crippen LogP contribution in [0.2, 0.25) is 0 Å². The summed E-state index contributed by atoms with van der Waals surface area (Å²) in [4.78, 5) is 22.3. The number of benzene rings is 1. The van der Waals surface area contributed by atoms with E-state index in [1.54, 1.807) is 0 Å². The van der Waals surface area contributed by atoms with Crippen molar-refractivity contribution in [3.63, 3.8) is 0 Å². The number of hydrogen-bond acceptors (Lipinski definition) is 2. The van der Waals surface area contributed by atoms with Gasteiger partial charge in [-0.15, -0.1) is 0 Å². The number of aliphatic carboxylic acids is 1. The molecular weight excluding hydrogens is 251 g/mol. The lowest BCUT2D eigenvalue weighted by atomic mass is 10.0. The normalized spacial score (nSPS) is 11.2. The fraction of sp³-hybridized carbons (Fsp3) is 0.273. The van der Waals surface area contributed by atoms with Crippen LogP contribution in [0.3, 0.4) is 0 Å². The van der Waals surface area contributed by atoms with E-state index in [1.165, 1.54) is 13.8 Å². The first kappa shape index (κ1) is 14.0. The molecule has 0 heterocycles. The van der Waals surface area contributed by atoms with Gasteiger partial charge < -0.3 is 10.4 Å². The Hall–Kier alpha value is -2.05. The van der Waals surface area contributed by atoms with Gasteiger partial charge in [-0.25, -0.2) is 18.0 Å². The molecule has 0 radical (unpaired) electrons. The molecule has 2 N–H and O–H groups in total. The minimum atomic E-state index is -1.78. The molecule has 0 saturated carbocycles. The lowest BCUT2D eigenvalue weighted by Crippen LogP contribution is -2.49. The van der Waals surface area contributed by atoms with Gasteiger partial charge in [-0.05, 0) is 26.0 Å². The van der Waals surface area contributed by atoms with Crippen LogP contribution >= 0.6 is 0 Å². The predicted octanol–water partition coefficient (Wildman–Crippen LogP) is 1.70. The van der Waals surface area contributed by atoms with Gasteiger partial charge in [0, 0.05) is 0 Å².